The zero-order chi connectivity index (χ0) is 20.5. The zero-order valence-corrected chi connectivity index (χ0v) is 17.6. The van der Waals surface area contributed by atoms with E-state index in [2.05, 4.69) is 81.4 Å². The van der Waals surface area contributed by atoms with Crippen LogP contribution < -0.4 is 0 Å². The van der Waals surface area contributed by atoms with Gasteiger partial charge in [-0.05, 0) is 35.8 Å². The lowest BCUT2D eigenvalue weighted by atomic mass is 9.71. The number of rotatable bonds is 4. The van der Waals surface area contributed by atoms with Crippen LogP contribution in [0.15, 0.2) is 60.7 Å². The van der Waals surface area contributed by atoms with Crippen LogP contribution >= 0.6 is 0 Å². The molecule has 154 valence electrons. The van der Waals surface area contributed by atoms with Crippen molar-refractivity contribution in [3.8, 4) is 0 Å². The highest BCUT2D eigenvalue weighted by Crippen LogP contribution is 2.49. The van der Waals surface area contributed by atoms with E-state index in [9.17, 15) is 5.21 Å². The molecule has 2 aliphatic rings. The maximum Gasteiger partial charge on any atom is 0.213 e. The molecule has 1 aliphatic heterocycles. The zero-order valence-electron chi connectivity index (χ0n) is 17.6. The molecule has 0 amide bonds. The van der Waals surface area contributed by atoms with Gasteiger partial charge >= 0.3 is 0 Å². The van der Waals surface area contributed by atoms with E-state index in [-0.39, 0.29) is 22.9 Å². The second-order valence-electron chi connectivity index (χ2n) is 9.40. The van der Waals surface area contributed by atoms with E-state index in [1.807, 2.05) is 0 Å². The molecule has 4 heteroatoms. The first-order valence-electron chi connectivity index (χ1n) is 10.6. The van der Waals surface area contributed by atoms with Crippen molar-refractivity contribution < 1.29 is 14.5 Å². The van der Waals surface area contributed by atoms with Crippen molar-refractivity contribution in [1.29, 1.82) is 0 Å². The number of nitrogens with zero attached hydrogens (tertiary/aromatic N) is 1. The summed E-state index contributed by atoms with van der Waals surface area (Å²) in [5.41, 5.74) is 2.29. The molecule has 0 spiro atoms. The van der Waals surface area contributed by atoms with Crippen LogP contribution in [0.25, 0.3) is 0 Å². The standard InChI is InChI=1S/C25H31NO3/c1-24(2,3)21-17-23(29-26(27)18-21)28-22-15-10-16-25(22,19-11-6-4-7-12-19)20-13-8-5-9-14-20/h4-9,11-14,18,21-23H,10,15-17H2,1-3H3/t21-,22-,23+/m1/s1. The fourth-order valence-corrected chi connectivity index (χ4v) is 4.91. The van der Waals surface area contributed by atoms with Gasteiger partial charge in [0.2, 0.25) is 6.21 Å². The summed E-state index contributed by atoms with van der Waals surface area (Å²) in [7, 11) is 0. The Kier molecular flexibility index (Phi) is 5.39. The molecule has 2 aromatic rings. The SMILES string of the molecule is CC(C)(C)[C@H]1C=[N+]([O-])O[C@H](O[C@@H]2CCCC2(c2ccccc2)c2ccccc2)C1. The molecule has 2 aromatic carbocycles. The summed E-state index contributed by atoms with van der Waals surface area (Å²) in [5.74, 6) is 0.114. The third-order valence-electron chi connectivity index (χ3n) is 6.56. The lowest BCUT2D eigenvalue weighted by molar-refractivity contribution is -0.770. The summed E-state index contributed by atoms with van der Waals surface area (Å²) in [5, 5.41) is 12.2. The molecular formula is C25H31NO3. The first-order valence-corrected chi connectivity index (χ1v) is 10.6. The van der Waals surface area contributed by atoms with Crippen molar-refractivity contribution in [2.75, 3.05) is 0 Å². The third kappa shape index (κ3) is 3.91. The van der Waals surface area contributed by atoms with E-state index in [0.29, 0.717) is 11.3 Å². The normalized spacial score (nSPS) is 26.6. The second-order valence-corrected chi connectivity index (χ2v) is 9.40. The average molecular weight is 394 g/mol. The average Bonchev–Trinajstić information content (AvgIpc) is 3.12. The molecule has 4 rings (SSSR count). The van der Waals surface area contributed by atoms with E-state index in [4.69, 9.17) is 9.57 Å². The number of benzene rings is 2. The van der Waals surface area contributed by atoms with Crippen LogP contribution in [-0.2, 0) is 15.0 Å². The molecule has 0 radical (unpaired) electrons. The highest BCUT2D eigenvalue weighted by atomic mass is 16.9. The quantitative estimate of drug-likeness (QED) is 0.649. The lowest BCUT2D eigenvalue weighted by Gasteiger charge is -2.40. The number of hydrogen-bond donors (Lipinski definition) is 0. The third-order valence-corrected chi connectivity index (χ3v) is 6.56. The summed E-state index contributed by atoms with van der Waals surface area (Å²) >= 11 is 0. The van der Waals surface area contributed by atoms with Crippen LogP contribution in [0.3, 0.4) is 0 Å². The minimum atomic E-state index is -0.531. The van der Waals surface area contributed by atoms with Gasteiger partial charge in [-0.25, -0.2) is 0 Å². The van der Waals surface area contributed by atoms with Gasteiger partial charge in [0.1, 0.15) is 0 Å². The highest BCUT2D eigenvalue weighted by Gasteiger charge is 2.48. The molecule has 4 nitrogen and oxygen atoms in total. The number of hydrogen-bond acceptors (Lipinski definition) is 3. The monoisotopic (exact) mass is 393 g/mol. The van der Waals surface area contributed by atoms with Crippen molar-refractivity contribution in [3.05, 3.63) is 77.0 Å². The van der Waals surface area contributed by atoms with Gasteiger partial charge < -0.3 is 9.57 Å². The Balaban J connectivity index is 1.67. The fourth-order valence-electron chi connectivity index (χ4n) is 4.91. The molecule has 0 bridgehead atoms. The summed E-state index contributed by atoms with van der Waals surface area (Å²) in [6.07, 6.45) is 4.81. The largest absolute Gasteiger partial charge is 0.372 e. The smallest absolute Gasteiger partial charge is 0.213 e. The predicted octanol–water partition coefficient (Wildman–Crippen LogP) is 5.45. The van der Waals surface area contributed by atoms with E-state index in [1.54, 1.807) is 6.21 Å². The Morgan fingerprint density at radius 3 is 2.14 bits per heavy atom. The van der Waals surface area contributed by atoms with Crippen LogP contribution in [0.4, 0.5) is 0 Å². The van der Waals surface area contributed by atoms with Gasteiger partial charge in [-0.15, -0.1) is 0 Å². The van der Waals surface area contributed by atoms with Crippen LogP contribution in [0.1, 0.15) is 57.6 Å². The van der Waals surface area contributed by atoms with Crippen molar-refractivity contribution >= 4 is 6.21 Å². The summed E-state index contributed by atoms with van der Waals surface area (Å²) < 4.78 is 6.59. The number of ether oxygens (including phenoxy) is 1. The van der Waals surface area contributed by atoms with Crippen LogP contribution in [0.5, 0.6) is 0 Å². The Morgan fingerprint density at radius 2 is 1.59 bits per heavy atom. The Labute approximate surface area is 173 Å². The molecule has 1 heterocycles. The Bertz CT molecular complexity index is 802. The van der Waals surface area contributed by atoms with E-state index in [0.717, 1.165) is 19.3 Å². The van der Waals surface area contributed by atoms with Crippen molar-refractivity contribution in [3.63, 3.8) is 0 Å². The molecule has 1 saturated carbocycles. The summed E-state index contributed by atoms with van der Waals surface area (Å²) in [4.78, 5) is 6.14. The van der Waals surface area contributed by atoms with Gasteiger partial charge in [-0.2, -0.15) is 0 Å². The predicted molar refractivity (Wildman–Crippen MR) is 115 cm³/mol. The molecule has 3 atom stereocenters. The van der Waals surface area contributed by atoms with E-state index in [1.165, 1.54) is 11.1 Å². The van der Waals surface area contributed by atoms with E-state index < -0.39 is 6.29 Å². The summed E-state index contributed by atoms with van der Waals surface area (Å²) in [6.45, 7) is 6.45. The minimum absolute atomic E-state index is 0.0142. The molecule has 1 fully saturated rings. The first kappa shape index (κ1) is 20.0. The molecule has 0 aromatic heterocycles. The van der Waals surface area contributed by atoms with Gasteiger partial charge in [0.15, 0.2) is 6.29 Å². The second kappa shape index (κ2) is 7.83. The fraction of sp³-hybridized carbons (Fsp3) is 0.480. The summed E-state index contributed by atoms with van der Waals surface area (Å²) in [6, 6.07) is 21.3. The van der Waals surface area contributed by atoms with Gasteiger partial charge in [0.05, 0.1) is 12.0 Å². The maximum absolute atomic E-state index is 12.2. The highest BCUT2D eigenvalue weighted by molar-refractivity contribution is 5.56. The molecular weight excluding hydrogens is 362 g/mol. The first-order chi connectivity index (χ1) is 13.9. The van der Waals surface area contributed by atoms with Gasteiger partial charge in [0, 0.05) is 16.7 Å². The van der Waals surface area contributed by atoms with Crippen molar-refractivity contribution in [1.82, 2.24) is 0 Å². The molecule has 1 aliphatic carbocycles. The van der Waals surface area contributed by atoms with Gasteiger partial charge in [-0.3, -0.25) is 5.21 Å². The topological polar surface area (TPSA) is 44.5 Å². The maximum atomic E-state index is 12.2. The van der Waals surface area contributed by atoms with Crippen molar-refractivity contribution in [2.45, 2.75) is 64.3 Å². The van der Waals surface area contributed by atoms with Crippen LogP contribution in [0.2, 0.25) is 0 Å². The Hall–Kier alpha value is -2.33. The molecule has 0 saturated heterocycles. The molecule has 0 unspecified atom stereocenters. The van der Waals surface area contributed by atoms with Crippen LogP contribution in [0, 0.1) is 16.5 Å². The van der Waals surface area contributed by atoms with E-state index >= 15 is 0 Å². The van der Waals surface area contributed by atoms with Crippen LogP contribution in [-0.4, -0.2) is 23.5 Å². The molecule has 29 heavy (non-hydrogen) atoms. The lowest BCUT2D eigenvalue weighted by Crippen LogP contribution is -2.44. The molecule has 0 N–H and O–H groups in total. The van der Waals surface area contributed by atoms with Gasteiger partial charge in [0.25, 0.3) is 0 Å². The minimum Gasteiger partial charge on any atom is -0.372 e. The van der Waals surface area contributed by atoms with Crippen molar-refractivity contribution in [2.24, 2.45) is 11.3 Å². The Morgan fingerprint density at radius 1 is 1.00 bits per heavy atom. The van der Waals surface area contributed by atoms with Gasteiger partial charge in [-0.1, -0.05) is 81.4 Å².